The minimum Gasteiger partial charge on any atom is -0.349 e. The Bertz CT molecular complexity index is 253. The summed E-state index contributed by atoms with van der Waals surface area (Å²) in [6.07, 6.45) is 6.27. The summed E-state index contributed by atoms with van der Waals surface area (Å²) >= 11 is 0. The summed E-state index contributed by atoms with van der Waals surface area (Å²) in [5, 5.41) is 3.22. The van der Waals surface area contributed by atoms with Crippen LogP contribution in [0.4, 0.5) is 0 Å². The minimum absolute atomic E-state index is 0.133. The third-order valence-electron chi connectivity index (χ3n) is 4.15. The SMILES string of the molecule is CC(C)CCC(=O)NC1(CN)CCCCC1C. The van der Waals surface area contributed by atoms with Crippen LogP contribution >= 0.6 is 0 Å². The molecule has 2 unspecified atom stereocenters. The normalized spacial score (nSPS) is 29.4. The fourth-order valence-corrected chi connectivity index (χ4v) is 2.71. The molecule has 0 aromatic rings. The van der Waals surface area contributed by atoms with Crippen molar-refractivity contribution >= 4 is 5.91 Å². The predicted octanol–water partition coefficient (Wildman–Crippen LogP) is 2.45. The van der Waals surface area contributed by atoms with Crippen molar-refractivity contribution in [2.24, 2.45) is 17.6 Å². The van der Waals surface area contributed by atoms with Crippen LogP contribution in [0.5, 0.6) is 0 Å². The fourth-order valence-electron chi connectivity index (χ4n) is 2.71. The van der Waals surface area contributed by atoms with Crippen LogP contribution in [0.25, 0.3) is 0 Å². The summed E-state index contributed by atoms with van der Waals surface area (Å²) in [6, 6.07) is 0. The van der Waals surface area contributed by atoms with Gasteiger partial charge in [-0.25, -0.2) is 0 Å². The first-order valence-corrected chi connectivity index (χ1v) is 7.01. The first kappa shape index (κ1) is 14.5. The highest BCUT2D eigenvalue weighted by Gasteiger charge is 2.37. The van der Waals surface area contributed by atoms with Gasteiger partial charge in [-0.3, -0.25) is 4.79 Å². The van der Waals surface area contributed by atoms with E-state index in [0.29, 0.717) is 24.8 Å². The van der Waals surface area contributed by atoms with Gasteiger partial charge in [-0.15, -0.1) is 0 Å². The van der Waals surface area contributed by atoms with Gasteiger partial charge in [0.2, 0.25) is 5.91 Å². The summed E-state index contributed by atoms with van der Waals surface area (Å²) < 4.78 is 0. The van der Waals surface area contributed by atoms with Crippen LogP contribution in [0, 0.1) is 11.8 Å². The lowest BCUT2D eigenvalue weighted by molar-refractivity contribution is -0.124. The van der Waals surface area contributed by atoms with Crippen molar-refractivity contribution < 1.29 is 4.79 Å². The van der Waals surface area contributed by atoms with Gasteiger partial charge < -0.3 is 11.1 Å². The summed E-state index contributed by atoms with van der Waals surface area (Å²) in [5.74, 6) is 1.26. The largest absolute Gasteiger partial charge is 0.349 e. The van der Waals surface area contributed by atoms with Crippen LogP contribution in [0.2, 0.25) is 0 Å². The fraction of sp³-hybridized carbons (Fsp3) is 0.929. The van der Waals surface area contributed by atoms with E-state index < -0.39 is 0 Å². The highest BCUT2D eigenvalue weighted by molar-refractivity contribution is 5.76. The summed E-state index contributed by atoms with van der Waals surface area (Å²) in [5.41, 5.74) is 5.79. The van der Waals surface area contributed by atoms with Crippen molar-refractivity contribution in [3.05, 3.63) is 0 Å². The third-order valence-corrected chi connectivity index (χ3v) is 4.15. The van der Waals surface area contributed by atoms with E-state index in [2.05, 4.69) is 26.1 Å². The highest BCUT2D eigenvalue weighted by Crippen LogP contribution is 2.33. The Morgan fingerprint density at radius 1 is 1.47 bits per heavy atom. The Labute approximate surface area is 106 Å². The van der Waals surface area contributed by atoms with E-state index in [4.69, 9.17) is 5.73 Å². The van der Waals surface area contributed by atoms with E-state index in [1.165, 1.54) is 19.3 Å². The van der Waals surface area contributed by atoms with Crippen molar-refractivity contribution in [3.8, 4) is 0 Å². The Morgan fingerprint density at radius 3 is 2.71 bits per heavy atom. The van der Waals surface area contributed by atoms with E-state index in [-0.39, 0.29) is 11.4 Å². The van der Waals surface area contributed by atoms with Crippen molar-refractivity contribution in [2.45, 2.75) is 64.8 Å². The van der Waals surface area contributed by atoms with Crippen LogP contribution in [0.3, 0.4) is 0 Å². The highest BCUT2D eigenvalue weighted by atomic mass is 16.1. The molecule has 0 saturated heterocycles. The standard InChI is InChI=1S/C14H28N2O/c1-11(2)7-8-13(17)16-14(10-15)9-5-4-6-12(14)3/h11-12H,4-10,15H2,1-3H3,(H,16,17). The first-order valence-electron chi connectivity index (χ1n) is 7.01. The number of rotatable bonds is 5. The molecule has 0 spiro atoms. The molecule has 100 valence electrons. The maximum atomic E-state index is 12.0. The number of hydrogen-bond donors (Lipinski definition) is 2. The van der Waals surface area contributed by atoms with E-state index >= 15 is 0 Å². The van der Waals surface area contributed by atoms with Gasteiger partial charge in [-0.2, -0.15) is 0 Å². The first-order chi connectivity index (χ1) is 8.00. The predicted molar refractivity (Wildman–Crippen MR) is 71.6 cm³/mol. The van der Waals surface area contributed by atoms with Gasteiger partial charge in [-0.05, 0) is 31.1 Å². The molecule has 17 heavy (non-hydrogen) atoms. The molecular formula is C14H28N2O. The minimum atomic E-state index is -0.133. The molecule has 0 heterocycles. The van der Waals surface area contributed by atoms with E-state index in [0.717, 1.165) is 12.8 Å². The van der Waals surface area contributed by atoms with Crippen LogP contribution < -0.4 is 11.1 Å². The Hall–Kier alpha value is -0.570. The maximum absolute atomic E-state index is 12.0. The number of amides is 1. The quantitative estimate of drug-likeness (QED) is 0.775. The molecule has 1 aliphatic rings. The zero-order chi connectivity index (χ0) is 12.9. The van der Waals surface area contributed by atoms with E-state index in [9.17, 15) is 4.79 Å². The lowest BCUT2D eigenvalue weighted by atomic mass is 9.73. The number of nitrogens with two attached hydrogens (primary N) is 1. The third kappa shape index (κ3) is 3.98. The zero-order valence-electron chi connectivity index (χ0n) is 11.6. The summed E-state index contributed by atoms with van der Waals surface area (Å²) in [6.45, 7) is 7.08. The average molecular weight is 240 g/mol. The van der Waals surface area contributed by atoms with E-state index in [1.54, 1.807) is 0 Å². The monoisotopic (exact) mass is 240 g/mol. The topological polar surface area (TPSA) is 55.1 Å². The molecule has 1 amide bonds. The lowest BCUT2D eigenvalue weighted by Gasteiger charge is -2.42. The van der Waals surface area contributed by atoms with Gasteiger partial charge in [0.25, 0.3) is 0 Å². The smallest absolute Gasteiger partial charge is 0.220 e. The van der Waals surface area contributed by atoms with Crippen molar-refractivity contribution in [2.75, 3.05) is 6.54 Å². The van der Waals surface area contributed by atoms with Crippen molar-refractivity contribution in [3.63, 3.8) is 0 Å². The molecule has 0 radical (unpaired) electrons. The number of nitrogens with one attached hydrogen (secondary N) is 1. The molecule has 0 aromatic heterocycles. The number of hydrogen-bond acceptors (Lipinski definition) is 2. The van der Waals surface area contributed by atoms with Crippen LogP contribution in [0.1, 0.15) is 59.3 Å². The molecular weight excluding hydrogens is 212 g/mol. The molecule has 1 rings (SSSR count). The van der Waals surface area contributed by atoms with Gasteiger partial charge in [0.15, 0.2) is 0 Å². The molecule has 2 atom stereocenters. The molecule has 1 saturated carbocycles. The lowest BCUT2D eigenvalue weighted by Crippen LogP contribution is -2.59. The van der Waals surface area contributed by atoms with Gasteiger partial charge in [0.1, 0.15) is 0 Å². The molecule has 0 aromatic carbocycles. The van der Waals surface area contributed by atoms with Gasteiger partial charge in [0.05, 0.1) is 5.54 Å². The Kier molecular flexibility index (Phi) is 5.44. The van der Waals surface area contributed by atoms with E-state index in [1.807, 2.05) is 0 Å². The molecule has 0 aliphatic heterocycles. The van der Waals surface area contributed by atoms with Gasteiger partial charge in [-0.1, -0.05) is 33.6 Å². The Balaban J connectivity index is 2.52. The molecule has 0 bridgehead atoms. The van der Waals surface area contributed by atoms with Crippen LogP contribution in [0.15, 0.2) is 0 Å². The molecule has 3 heteroatoms. The second-order valence-corrected chi connectivity index (χ2v) is 5.99. The molecule has 3 nitrogen and oxygen atoms in total. The molecule has 1 aliphatic carbocycles. The second-order valence-electron chi connectivity index (χ2n) is 5.99. The van der Waals surface area contributed by atoms with Crippen LogP contribution in [-0.2, 0) is 4.79 Å². The second kappa shape index (κ2) is 6.39. The van der Waals surface area contributed by atoms with Crippen molar-refractivity contribution in [1.29, 1.82) is 0 Å². The summed E-state index contributed by atoms with van der Waals surface area (Å²) in [7, 11) is 0. The summed E-state index contributed by atoms with van der Waals surface area (Å²) in [4.78, 5) is 12.0. The average Bonchev–Trinajstić information content (AvgIpc) is 2.30. The maximum Gasteiger partial charge on any atom is 0.220 e. The van der Waals surface area contributed by atoms with Crippen molar-refractivity contribution in [1.82, 2.24) is 5.32 Å². The van der Waals surface area contributed by atoms with Gasteiger partial charge >= 0.3 is 0 Å². The zero-order valence-corrected chi connectivity index (χ0v) is 11.6. The molecule has 3 N–H and O–H groups in total. The van der Waals surface area contributed by atoms with Crippen LogP contribution in [-0.4, -0.2) is 18.0 Å². The number of carbonyl (C=O) groups is 1. The van der Waals surface area contributed by atoms with Gasteiger partial charge in [0, 0.05) is 13.0 Å². The number of carbonyl (C=O) groups excluding carboxylic acids is 1. The molecule has 1 fully saturated rings. The Morgan fingerprint density at radius 2 is 2.18 bits per heavy atom.